The molecule has 0 aliphatic carbocycles. The van der Waals surface area contributed by atoms with Crippen LogP contribution < -0.4 is 10.1 Å². The van der Waals surface area contributed by atoms with Crippen molar-refractivity contribution < 1.29 is 9.84 Å². The number of ether oxygens (including phenoxy) is 1. The second-order valence-corrected chi connectivity index (χ2v) is 6.72. The Bertz CT molecular complexity index is 859. The highest BCUT2D eigenvalue weighted by Crippen LogP contribution is 2.26. The normalized spacial score (nSPS) is 10.8. The molecule has 4 heteroatoms. The molecule has 140 valence electrons. The number of aliphatic hydroxyl groups excluding tert-OH is 1. The highest BCUT2D eigenvalue weighted by atomic mass is 16.5. The zero-order valence-electron chi connectivity index (χ0n) is 15.9. The van der Waals surface area contributed by atoms with Crippen LogP contribution in [0.4, 0.5) is 0 Å². The first-order valence-electron chi connectivity index (χ1n) is 9.21. The van der Waals surface area contributed by atoms with E-state index < -0.39 is 0 Å². The summed E-state index contributed by atoms with van der Waals surface area (Å²) in [5.41, 5.74) is 6.82. The SMILES string of the molecule is Cc1ccc(-c2cc(CNCc3ccc(C)nc3)cc(OCCO)c2)cc1. The lowest BCUT2D eigenvalue weighted by Crippen LogP contribution is -2.13. The smallest absolute Gasteiger partial charge is 0.120 e. The second kappa shape index (κ2) is 9.31. The molecule has 0 saturated heterocycles. The van der Waals surface area contributed by atoms with Gasteiger partial charge in [0.2, 0.25) is 0 Å². The molecule has 0 fully saturated rings. The number of hydrogen-bond acceptors (Lipinski definition) is 4. The van der Waals surface area contributed by atoms with Gasteiger partial charge >= 0.3 is 0 Å². The monoisotopic (exact) mass is 362 g/mol. The molecule has 1 heterocycles. The van der Waals surface area contributed by atoms with Crippen molar-refractivity contribution in [3.05, 3.63) is 83.2 Å². The zero-order valence-corrected chi connectivity index (χ0v) is 15.9. The lowest BCUT2D eigenvalue weighted by molar-refractivity contribution is 0.201. The van der Waals surface area contributed by atoms with Crippen molar-refractivity contribution in [1.82, 2.24) is 10.3 Å². The summed E-state index contributed by atoms with van der Waals surface area (Å²) in [6.07, 6.45) is 1.90. The van der Waals surface area contributed by atoms with Crippen molar-refractivity contribution in [3.63, 3.8) is 0 Å². The quantitative estimate of drug-likeness (QED) is 0.635. The summed E-state index contributed by atoms with van der Waals surface area (Å²) in [5, 5.41) is 12.5. The minimum Gasteiger partial charge on any atom is -0.491 e. The Labute approximate surface area is 160 Å². The van der Waals surface area contributed by atoms with E-state index >= 15 is 0 Å². The van der Waals surface area contributed by atoms with Crippen LogP contribution in [0.1, 0.15) is 22.4 Å². The van der Waals surface area contributed by atoms with E-state index in [0.29, 0.717) is 6.61 Å². The van der Waals surface area contributed by atoms with Crippen molar-refractivity contribution in [3.8, 4) is 16.9 Å². The van der Waals surface area contributed by atoms with Gasteiger partial charge in [-0.25, -0.2) is 0 Å². The Morgan fingerprint density at radius 2 is 1.67 bits per heavy atom. The summed E-state index contributed by atoms with van der Waals surface area (Å²) >= 11 is 0. The van der Waals surface area contributed by atoms with Gasteiger partial charge in [0.05, 0.1) is 6.61 Å². The van der Waals surface area contributed by atoms with E-state index in [0.717, 1.165) is 46.8 Å². The molecule has 27 heavy (non-hydrogen) atoms. The molecular weight excluding hydrogens is 336 g/mol. The molecule has 0 radical (unpaired) electrons. The lowest BCUT2D eigenvalue weighted by Gasteiger charge is -2.12. The van der Waals surface area contributed by atoms with E-state index in [1.807, 2.05) is 31.3 Å². The van der Waals surface area contributed by atoms with Crippen molar-refractivity contribution >= 4 is 0 Å². The molecule has 0 spiro atoms. The second-order valence-electron chi connectivity index (χ2n) is 6.72. The van der Waals surface area contributed by atoms with Gasteiger partial charge in [-0.3, -0.25) is 4.98 Å². The van der Waals surface area contributed by atoms with E-state index in [2.05, 4.69) is 53.6 Å². The Morgan fingerprint density at radius 3 is 2.37 bits per heavy atom. The van der Waals surface area contributed by atoms with E-state index in [-0.39, 0.29) is 6.61 Å². The summed E-state index contributed by atoms with van der Waals surface area (Å²) in [6.45, 7) is 5.85. The number of hydrogen-bond donors (Lipinski definition) is 2. The number of aliphatic hydroxyl groups is 1. The maximum absolute atomic E-state index is 9.06. The first-order chi connectivity index (χ1) is 13.1. The van der Waals surface area contributed by atoms with E-state index in [1.54, 1.807) is 0 Å². The maximum Gasteiger partial charge on any atom is 0.120 e. The van der Waals surface area contributed by atoms with Crippen molar-refractivity contribution in [2.75, 3.05) is 13.2 Å². The number of nitrogens with zero attached hydrogens (tertiary/aromatic N) is 1. The van der Waals surface area contributed by atoms with Crippen molar-refractivity contribution in [2.24, 2.45) is 0 Å². The highest BCUT2D eigenvalue weighted by Gasteiger charge is 2.05. The molecule has 2 aromatic carbocycles. The van der Waals surface area contributed by atoms with Gasteiger partial charge in [-0.2, -0.15) is 0 Å². The molecule has 0 amide bonds. The average molecular weight is 362 g/mol. The summed E-state index contributed by atoms with van der Waals surface area (Å²) in [6, 6.07) is 18.8. The molecule has 0 unspecified atom stereocenters. The Hall–Kier alpha value is -2.69. The van der Waals surface area contributed by atoms with E-state index in [1.165, 1.54) is 5.56 Å². The van der Waals surface area contributed by atoms with Crippen LogP contribution in [0, 0.1) is 13.8 Å². The van der Waals surface area contributed by atoms with Gasteiger partial charge in [-0.1, -0.05) is 35.9 Å². The van der Waals surface area contributed by atoms with E-state index in [9.17, 15) is 0 Å². The fourth-order valence-corrected chi connectivity index (χ4v) is 2.88. The van der Waals surface area contributed by atoms with Gasteiger partial charge in [-0.15, -0.1) is 0 Å². The number of pyridine rings is 1. The molecule has 3 aromatic rings. The van der Waals surface area contributed by atoms with Crippen molar-refractivity contribution in [1.29, 1.82) is 0 Å². The van der Waals surface area contributed by atoms with Crippen LogP contribution in [0.5, 0.6) is 5.75 Å². The Balaban J connectivity index is 1.75. The molecule has 0 atom stereocenters. The minimum absolute atomic E-state index is 0.00274. The summed E-state index contributed by atoms with van der Waals surface area (Å²) in [7, 11) is 0. The van der Waals surface area contributed by atoms with Gasteiger partial charge in [0.15, 0.2) is 0 Å². The molecule has 3 rings (SSSR count). The molecule has 0 saturated carbocycles. The van der Waals surface area contributed by atoms with Gasteiger partial charge in [-0.05, 0) is 60.4 Å². The standard InChI is InChI=1S/C23H26N2O2/c1-17-3-7-21(8-4-17)22-11-20(12-23(13-22)27-10-9-26)15-24-14-19-6-5-18(2)25-16-19/h3-8,11-13,16,24,26H,9-10,14-15H2,1-2H3. The molecule has 0 bridgehead atoms. The summed E-state index contributed by atoms with van der Waals surface area (Å²) in [5.74, 6) is 0.774. The van der Waals surface area contributed by atoms with Crippen LogP contribution in [-0.2, 0) is 13.1 Å². The van der Waals surface area contributed by atoms with E-state index in [4.69, 9.17) is 9.84 Å². The minimum atomic E-state index is 0.00274. The number of aryl methyl sites for hydroxylation is 2. The predicted octanol–water partition coefficient (Wildman–Crippen LogP) is 4.03. The van der Waals surface area contributed by atoms with Gasteiger partial charge in [0.1, 0.15) is 12.4 Å². The van der Waals surface area contributed by atoms with Gasteiger partial charge in [0, 0.05) is 25.0 Å². The molecule has 4 nitrogen and oxygen atoms in total. The van der Waals surface area contributed by atoms with Crippen molar-refractivity contribution in [2.45, 2.75) is 26.9 Å². The number of nitrogens with one attached hydrogen (secondary N) is 1. The summed E-state index contributed by atoms with van der Waals surface area (Å²) < 4.78 is 5.67. The van der Waals surface area contributed by atoms with Gasteiger partial charge < -0.3 is 15.2 Å². The third-order valence-electron chi connectivity index (χ3n) is 4.34. The highest BCUT2D eigenvalue weighted by molar-refractivity contribution is 5.66. The fraction of sp³-hybridized carbons (Fsp3) is 0.261. The zero-order chi connectivity index (χ0) is 19.1. The maximum atomic E-state index is 9.06. The molecule has 2 N–H and O–H groups in total. The molecule has 1 aromatic heterocycles. The van der Waals surface area contributed by atoms with Crippen LogP contribution in [0.2, 0.25) is 0 Å². The largest absolute Gasteiger partial charge is 0.491 e. The Morgan fingerprint density at radius 1 is 0.889 bits per heavy atom. The van der Waals surface area contributed by atoms with Crippen LogP contribution in [-0.4, -0.2) is 23.3 Å². The topological polar surface area (TPSA) is 54.4 Å². The first kappa shape index (κ1) is 19.1. The third-order valence-corrected chi connectivity index (χ3v) is 4.34. The molecule has 0 aliphatic rings. The third kappa shape index (κ3) is 5.64. The summed E-state index contributed by atoms with van der Waals surface area (Å²) in [4.78, 5) is 4.33. The van der Waals surface area contributed by atoms with Gasteiger partial charge in [0.25, 0.3) is 0 Å². The average Bonchev–Trinajstić information content (AvgIpc) is 2.68. The number of aromatic nitrogens is 1. The predicted molar refractivity (Wildman–Crippen MR) is 109 cm³/mol. The molecular formula is C23H26N2O2. The first-order valence-corrected chi connectivity index (χ1v) is 9.21. The lowest BCUT2D eigenvalue weighted by atomic mass is 10.0. The van der Waals surface area contributed by atoms with Crippen LogP contribution in [0.15, 0.2) is 60.8 Å². The van der Waals surface area contributed by atoms with Crippen LogP contribution >= 0.6 is 0 Å². The molecule has 0 aliphatic heterocycles. The number of benzene rings is 2. The number of rotatable bonds is 8. The van der Waals surface area contributed by atoms with Crippen LogP contribution in [0.25, 0.3) is 11.1 Å². The Kier molecular flexibility index (Phi) is 6.58. The van der Waals surface area contributed by atoms with Crippen LogP contribution in [0.3, 0.4) is 0 Å². The fourth-order valence-electron chi connectivity index (χ4n) is 2.88.